The highest BCUT2D eigenvalue weighted by atomic mass is 16.2. The fourth-order valence-corrected chi connectivity index (χ4v) is 2.66. The van der Waals surface area contributed by atoms with Gasteiger partial charge in [-0.25, -0.2) is 4.79 Å². The van der Waals surface area contributed by atoms with Crippen LogP contribution < -0.4 is 10.6 Å². The molecule has 1 aromatic carbocycles. The van der Waals surface area contributed by atoms with Crippen LogP contribution >= 0.6 is 0 Å². The number of urea groups is 1. The molecular weight excluding hydrogens is 342 g/mol. The van der Waals surface area contributed by atoms with E-state index in [-0.39, 0.29) is 24.3 Å². The minimum absolute atomic E-state index is 0.0310. The monoisotopic (exact) mass is 363 g/mol. The summed E-state index contributed by atoms with van der Waals surface area (Å²) >= 11 is 0. The Hall–Kier alpha value is -3.35. The van der Waals surface area contributed by atoms with Gasteiger partial charge in [-0.2, -0.15) is 10.2 Å². The highest BCUT2D eigenvalue weighted by molar-refractivity contribution is 6.20. The first-order chi connectivity index (χ1) is 13.0. The van der Waals surface area contributed by atoms with Crippen molar-refractivity contribution in [2.24, 2.45) is 10.2 Å². The number of pyridine rings is 1. The van der Waals surface area contributed by atoms with Crippen LogP contribution in [0.2, 0.25) is 0 Å². The van der Waals surface area contributed by atoms with Gasteiger partial charge in [0.05, 0.1) is 23.5 Å². The highest BCUT2D eigenvalue weighted by Crippen LogP contribution is 2.16. The average Bonchev–Trinajstić information content (AvgIpc) is 3.10. The van der Waals surface area contributed by atoms with Gasteiger partial charge in [-0.1, -0.05) is 18.2 Å². The van der Waals surface area contributed by atoms with Crippen LogP contribution in [0.5, 0.6) is 0 Å². The van der Waals surface area contributed by atoms with E-state index in [2.05, 4.69) is 25.8 Å². The molecule has 27 heavy (non-hydrogen) atoms. The van der Waals surface area contributed by atoms with Crippen molar-refractivity contribution < 1.29 is 9.59 Å². The summed E-state index contributed by atoms with van der Waals surface area (Å²) in [6, 6.07) is 12.2. The maximum atomic E-state index is 12.6. The molecule has 0 atom stereocenters. The fourth-order valence-electron chi connectivity index (χ4n) is 2.66. The molecule has 2 aromatic rings. The number of rotatable bonds is 6. The Labute approximate surface area is 157 Å². The fraction of sp³-hybridized carbons (Fsp3) is 0.250. The van der Waals surface area contributed by atoms with Crippen LogP contribution in [0.3, 0.4) is 0 Å². The second kappa shape index (κ2) is 8.35. The zero-order valence-electron chi connectivity index (χ0n) is 15.3. The lowest BCUT2D eigenvalue weighted by molar-refractivity contribution is 0.100. The van der Waals surface area contributed by atoms with Crippen molar-refractivity contribution in [3.63, 3.8) is 0 Å². The molecule has 0 unspecified atom stereocenters. The number of hydrogen-bond donors (Lipinski definition) is 2. The van der Waals surface area contributed by atoms with Crippen LogP contribution in [-0.2, 0) is 0 Å². The van der Waals surface area contributed by atoms with E-state index in [9.17, 15) is 9.59 Å². The SMILES string of the molecule is CC(C)NC(=O)Nc1cccc(C(=O)CC2=NN=C(c3ccccn3)C2)c1. The topological polar surface area (TPSA) is 95.8 Å². The number of aromatic nitrogens is 1. The Bertz CT molecular complexity index is 904. The summed E-state index contributed by atoms with van der Waals surface area (Å²) < 4.78 is 0. The lowest BCUT2D eigenvalue weighted by Gasteiger charge is -2.11. The van der Waals surface area contributed by atoms with Gasteiger partial charge in [0.15, 0.2) is 5.78 Å². The average molecular weight is 363 g/mol. The molecule has 2 amide bonds. The number of carbonyl (C=O) groups excluding carboxylic acids is 2. The molecule has 1 aromatic heterocycles. The van der Waals surface area contributed by atoms with E-state index >= 15 is 0 Å². The predicted molar refractivity (Wildman–Crippen MR) is 106 cm³/mol. The third-order valence-electron chi connectivity index (χ3n) is 3.87. The molecule has 3 rings (SSSR count). The zero-order valence-corrected chi connectivity index (χ0v) is 15.3. The van der Waals surface area contributed by atoms with Gasteiger partial charge in [-0.15, -0.1) is 0 Å². The van der Waals surface area contributed by atoms with Crippen molar-refractivity contribution in [1.82, 2.24) is 10.3 Å². The largest absolute Gasteiger partial charge is 0.336 e. The molecule has 2 N–H and O–H groups in total. The Kier molecular flexibility index (Phi) is 5.71. The van der Waals surface area contributed by atoms with Gasteiger partial charge in [0, 0.05) is 29.9 Å². The molecule has 0 spiro atoms. The van der Waals surface area contributed by atoms with Gasteiger partial charge >= 0.3 is 6.03 Å². The zero-order chi connectivity index (χ0) is 19.2. The first kappa shape index (κ1) is 18.4. The molecule has 7 heteroatoms. The summed E-state index contributed by atoms with van der Waals surface area (Å²) in [5.74, 6) is -0.0702. The Balaban J connectivity index is 1.59. The molecule has 7 nitrogen and oxygen atoms in total. The molecule has 1 aliphatic rings. The van der Waals surface area contributed by atoms with Crippen LogP contribution in [0.4, 0.5) is 10.5 Å². The summed E-state index contributed by atoms with van der Waals surface area (Å²) in [5.41, 5.74) is 3.32. The quantitative estimate of drug-likeness (QED) is 0.770. The molecule has 0 saturated heterocycles. The normalized spacial score (nSPS) is 13.1. The first-order valence-corrected chi connectivity index (χ1v) is 8.75. The number of anilines is 1. The maximum absolute atomic E-state index is 12.6. The molecule has 138 valence electrons. The van der Waals surface area contributed by atoms with E-state index in [1.807, 2.05) is 32.0 Å². The smallest absolute Gasteiger partial charge is 0.319 e. The Morgan fingerprint density at radius 1 is 1.11 bits per heavy atom. The Morgan fingerprint density at radius 2 is 1.96 bits per heavy atom. The van der Waals surface area contributed by atoms with Crippen LogP contribution in [-0.4, -0.2) is 34.3 Å². The van der Waals surface area contributed by atoms with Crippen molar-refractivity contribution in [2.45, 2.75) is 32.7 Å². The number of carbonyl (C=O) groups is 2. The summed E-state index contributed by atoms with van der Waals surface area (Å²) in [6.07, 6.45) is 2.40. The summed E-state index contributed by atoms with van der Waals surface area (Å²) in [7, 11) is 0. The molecule has 0 fully saturated rings. The number of amides is 2. The third kappa shape index (κ3) is 5.07. The van der Waals surface area contributed by atoms with E-state index in [0.29, 0.717) is 23.4 Å². The van der Waals surface area contributed by atoms with Crippen molar-refractivity contribution in [2.75, 3.05) is 5.32 Å². The van der Waals surface area contributed by atoms with Crippen molar-refractivity contribution in [1.29, 1.82) is 0 Å². The van der Waals surface area contributed by atoms with Gasteiger partial charge in [0.25, 0.3) is 0 Å². The molecule has 0 radical (unpaired) electrons. The van der Waals surface area contributed by atoms with Gasteiger partial charge in [0.1, 0.15) is 0 Å². The number of Topliss-reactive ketones (excluding diaryl/α,β-unsaturated/α-hetero) is 1. The molecule has 2 heterocycles. The van der Waals surface area contributed by atoms with Gasteiger partial charge in [0.2, 0.25) is 0 Å². The number of hydrogen-bond acceptors (Lipinski definition) is 5. The standard InChI is InChI=1S/C20H21N5O2/c1-13(2)22-20(27)23-15-7-5-6-14(10-15)19(26)12-16-11-18(25-24-16)17-8-3-4-9-21-17/h3-10,13H,11-12H2,1-2H3,(H2,22,23,27). The maximum Gasteiger partial charge on any atom is 0.319 e. The van der Waals surface area contributed by atoms with Crippen molar-refractivity contribution in [3.8, 4) is 0 Å². The van der Waals surface area contributed by atoms with Crippen LogP contribution in [0, 0.1) is 0 Å². The first-order valence-electron chi connectivity index (χ1n) is 8.75. The minimum atomic E-state index is -0.303. The lowest BCUT2D eigenvalue weighted by atomic mass is 10.0. The van der Waals surface area contributed by atoms with E-state index < -0.39 is 0 Å². The van der Waals surface area contributed by atoms with Gasteiger partial charge in [-0.3, -0.25) is 9.78 Å². The summed E-state index contributed by atoms with van der Waals surface area (Å²) in [5, 5.41) is 13.7. The second-order valence-corrected chi connectivity index (χ2v) is 6.54. The van der Waals surface area contributed by atoms with Crippen molar-refractivity contribution in [3.05, 3.63) is 59.9 Å². The number of ketones is 1. The molecule has 0 saturated carbocycles. The predicted octanol–water partition coefficient (Wildman–Crippen LogP) is 3.43. The number of nitrogens with one attached hydrogen (secondary N) is 2. The highest BCUT2D eigenvalue weighted by Gasteiger charge is 2.19. The van der Waals surface area contributed by atoms with E-state index in [1.165, 1.54) is 0 Å². The molecular formula is C20H21N5O2. The van der Waals surface area contributed by atoms with E-state index in [4.69, 9.17) is 0 Å². The third-order valence-corrected chi connectivity index (χ3v) is 3.87. The second-order valence-electron chi connectivity index (χ2n) is 6.54. The molecule has 0 aliphatic carbocycles. The van der Waals surface area contributed by atoms with Crippen LogP contribution in [0.25, 0.3) is 0 Å². The summed E-state index contributed by atoms with van der Waals surface area (Å²) in [4.78, 5) is 28.6. The van der Waals surface area contributed by atoms with Gasteiger partial charge in [-0.05, 0) is 38.1 Å². The molecule has 1 aliphatic heterocycles. The molecule has 0 bridgehead atoms. The number of nitrogens with zero attached hydrogens (tertiary/aromatic N) is 3. The van der Waals surface area contributed by atoms with E-state index in [1.54, 1.807) is 30.5 Å². The van der Waals surface area contributed by atoms with Crippen molar-refractivity contribution >= 4 is 28.9 Å². The minimum Gasteiger partial charge on any atom is -0.336 e. The van der Waals surface area contributed by atoms with Crippen LogP contribution in [0.1, 0.15) is 42.7 Å². The number of benzene rings is 1. The van der Waals surface area contributed by atoms with Gasteiger partial charge < -0.3 is 10.6 Å². The summed E-state index contributed by atoms with van der Waals surface area (Å²) in [6.45, 7) is 3.76. The van der Waals surface area contributed by atoms with E-state index in [0.717, 1.165) is 11.4 Å². The lowest BCUT2D eigenvalue weighted by Crippen LogP contribution is -2.34. The Morgan fingerprint density at radius 3 is 2.70 bits per heavy atom. The van der Waals surface area contributed by atoms with Crippen LogP contribution in [0.15, 0.2) is 58.9 Å².